The number of benzene rings is 1. The number of nitrogens with zero attached hydrogens (tertiary/aromatic N) is 1. The maximum Gasteiger partial charge on any atom is 0.232 e. The monoisotopic (exact) mass is 276 g/mol. The largest absolute Gasteiger partial charge is 0.477 e. The first-order valence-corrected chi connectivity index (χ1v) is 6.69. The molecule has 0 bridgehead atoms. The van der Waals surface area contributed by atoms with Crippen molar-refractivity contribution in [2.24, 2.45) is 5.73 Å². The molecule has 100 valence electrons. The number of aromatic nitrogens is 1. The summed E-state index contributed by atoms with van der Waals surface area (Å²) >= 11 is 6.14. The highest BCUT2D eigenvalue weighted by atomic mass is 35.5. The van der Waals surface area contributed by atoms with E-state index in [2.05, 4.69) is 17.1 Å². The Morgan fingerprint density at radius 1 is 1.16 bits per heavy atom. The van der Waals surface area contributed by atoms with E-state index in [1.807, 2.05) is 18.2 Å². The molecule has 0 saturated heterocycles. The third-order valence-electron chi connectivity index (χ3n) is 2.85. The molecule has 1 heterocycles. The molecule has 0 aliphatic carbocycles. The smallest absolute Gasteiger partial charge is 0.232 e. The lowest BCUT2D eigenvalue weighted by Crippen LogP contribution is -2.04. The average molecular weight is 277 g/mol. The zero-order valence-electron chi connectivity index (χ0n) is 10.7. The van der Waals surface area contributed by atoms with Crippen LogP contribution in [-0.2, 0) is 13.0 Å². The number of ether oxygens (including phenoxy) is 1. The molecule has 0 atom stereocenters. The lowest BCUT2D eigenvalue weighted by molar-refractivity contribution is 0.299. The summed E-state index contributed by atoms with van der Waals surface area (Å²) in [6.45, 7) is 0.983. The zero-order valence-corrected chi connectivity index (χ0v) is 11.4. The first-order valence-electron chi connectivity index (χ1n) is 6.31. The number of hydrogen-bond acceptors (Lipinski definition) is 3. The second-order valence-corrected chi connectivity index (χ2v) is 4.61. The number of hydrogen-bond donors (Lipinski definition) is 1. The fraction of sp³-hybridized carbons (Fsp3) is 0.267. The van der Waals surface area contributed by atoms with Gasteiger partial charge < -0.3 is 10.5 Å². The maximum atomic E-state index is 6.14. The summed E-state index contributed by atoms with van der Waals surface area (Å²) < 4.78 is 5.60. The molecule has 0 amide bonds. The number of pyridine rings is 1. The minimum absolute atomic E-state index is 0.391. The van der Waals surface area contributed by atoms with E-state index in [9.17, 15) is 0 Å². The number of halogens is 1. The highest BCUT2D eigenvalue weighted by molar-refractivity contribution is 6.32. The second kappa shape index (κ2) is 7.12. The summed E-state index contributed by atoms with van der Waals surface area (Å²) in [5, 5.41) is 0.518. The molecule has 0 radical (unpaired) electrons. The third-order valence-corrected chi connectivity index (χ3v) is 3.25. The number of rotatable bonds is 6. The van der Waals surface area contributed by atoms with Crippen molar-refractivity contribution in [2.45, 2.75) is 19.4 Å². The molecule has 4 heteroatoms. The molecule has 0 spiro atoms. The quantitative estimate of drug-likeness (QED) is 0.824. The van der Waals surface area contributed by atoms with Crippen LogP contribution in [0.4, 0.5) is 0 Å². The van der Waals surface area contributed by atoms with Crippen molar-refractivity contribution in [2.75, 3.05) is 6.61 Å². The molecule has 2 rings (SSSR count). The van der Waals surface area contributed by atoms with Crippen LogP contribution in [0.25, 0.3) is 0 Å². The standard InChI is InChI=1S/C15H17ClN2O/c16-14-13(11-17)8-9-18-15(14)19-10-4-7-12-5-2-1-3-6-12/h1-3,5-6,8-9H,4,7,10-11,17H2. The highest BCUT2D eigenvalue weighted by Gasteiger charge is 2.07. The Morgan fingerprint density at radius 2 is 1.95 bits per heavy atom. The molecule has 0 aliphatic rings. The summed E-state index contributed by atoms with van der Waals surface area (Å²) in [5.74, 6) is 0.470. The number of aryl methyl sites for hydroxylation is 1. The molecular weight excluding hydrogens is 260 g/mol. The average Bonchev–Trinajstić information content (AvgIpc) is 2.46. The van der Waals surface area contributed by atoms with Crippen molar-refractivity contribution in [3.63, 3.8) is 0 Å². The van der Waals surface area contributed by atoms with Crippen molar-refractivity contribution < 1.29 is 4.74 Å². The first-order chi connectivity index (χ1) is 9.31. The summed E-state index contributed by atoms with van der Waals surface area (Å²) in [6, 6.07) is 12.1. The van der Waals surface area contributed by atoms with Crippen molar-refractivity contribution in [1.29, 1.82) is 0 Å². The van der Waals surface area contributed by atoms with Gasteiger partial charge in [0.2, 0.25) is 5.88 Å². The van der Waals surface area contributed by atoms with Crippen LogP contribution in [0.1, 0.15) is 17.5 Å². The van der Waals surface area contributed by atoms with Crippen LogP contribution in [0.3, 0.4) is 0 Å². The van der Waals surface area contributed by atoms with E-state index in [1.54, 1.807) is 12.3 Å². The van der Waals surface area contributed by atoms with Crippen LogP contribution in [0.15, 0.2) is 42.6 Å². The molecule has 1 aromatic carbocycles. The van der Waals surface area contributed by atoms with Crippen LogP contribution in [0.2, 0.25) is 5.02 Å². The number of nitrogens with two attached hydrogens (primary N) is 1. The van der Waals surface area contributed by atoms with Gasteiger partial charge in [0.25, 0.3) is 0 Å². The van der Waals surface area contributed by atoms with Crippen LogP contribution >= 0.6 is 11.6 Å². The third kappa shape index (κ3) is 3.94. The van der Waals surface area contributed by atoms with E-state index in [1.165, 1.54) is 5.56 Å². The molecule has 0 saturated carbocycles. The van der Waals surface area contributed by atoms with E-state index in [0.717, 1.165) is 18.4 Å². The van der Waals surface area contributed by atoms with Gasteiger partial charge in [-0.2, -0.15) is 0 Å². The van der Waals surface area contributed by atoms with E-state index < -0.39 is 0 Å². The summed E-state index contributed by atoms with van der Waals surface area (Å²) in [6.07, 6.45) is 3.57. The van der Waals surface area contributed by atoms with Gasteiger partial charge in [-0.3, -0.25) is 0 Å². The van der Waals surface area contributed by atoms with E-state index in [-0.39, 0.29) is 0 Å². The molecule has 0 aliphatic heterocycles. The van der Waals surface area contributed by atoms with Gasteiger partial charge in [-0.1, -0.05) is 41.9 Å². The Labute approximate surface area is 118 Å². The molecule has 0 unspecified atom stereocenters. The Hall–Kier alpha value is -1.58. The predicted octanol–water partition coefficient (Wildman–Crippen LogP) is 3.21. The van der Waals surface area contributed by atoms with Gasteiger partial charge >= 0.3 is 0 Å². The van der Waals surface area contributed by atoms with Crippen molar-refractivity contribution >= 4 is 11.6 Å². The van der Waals surface area contributed by atoms with Crippen molar-refractivity contribution in [3.8, 4) is 5.88 Å². The van der Waals surface area contributed by atoms with Gasteiger partial charge in [0.05, 0.1) is 6.61 Å². The van der Waals surface area contributed by atoms with Crippen LogP contribution in [0, 0.1) is 0 Å². The molecule has 0 fully saturated rings. The highest BCUT2D eigenvalue weighted by Crippen LogP contribution is 2.25. The Morgan fingerprint density at radius 3 is 2.68 bits per heavy atom. The molecule has 2 N–H and O–H groups in total. The molecular formula is C15H17ClN2O. The second-order valence-electron chi connectivity index (χ2n) is 4.23. The Balaban J connectivity index is 1.83. The lowest BCUT2D eigenvalue weighted by Gasteiger charge is -2.09. The van der Waals surface area contributed by atoms with Gasteiger partial charge in [-0.05, 0) is 30.0 Å². The van der Waals surface area contributed by atoms with E-state index in [4.69, 9.17) is 22.1 Å². The minimum Gasteiger partial charge on any atom is -0.477 e. The Kier molecular flexibility index (Phi) is 5.19. The van der Waals surface area contributed by atoms with Gasteiger partial charge in [0, 0.05) is 12.7 Å². The van der Waals surface area contributed by atoms with Crippen LogP contribution in [0.5, 0.6) is 5.88 Å². The van der Waals surface area contributed by atoms with Crippen LogP contribution < -0.4 is 10.5 Å². The summed E-state index contributed by atoms with van der Waals surface area (Å²) in [5.41, 5.74) is 7.75. The first kappa shape index (κ1) is 13.8. The normalized spacial score (nSPS) is 10.4. The fourth-order valence-electron chi connectivity index (χ4n) is 1.81. The predicted molar refractivity (Wildman–Crippen MR) is 77.4 cm³/mol. The van der Waals surface area contributed by atoms with E-state index >= 15 is 0 Å². The topological polar surface area (TPSA) is 48.1 Å². The summed E-state index contributed by atoms with van der Waals surface area (Å²) in [4.78, 5) is 4.12. The van der Waals surface area contributed by atoms with Crippen molar-refractivity contribution in [1.82, 2.24) is 4.98 Å². The molecule has 1 aromatic heterocycles. The molecule has 19 heavy (non-hydrogen) atoms. The van der Waals surface area contributed by atoms with Gasteiger partial charge in [-0.15, -0.1) is 0 Å². The molecule has 2 aromatic rings. The SMILES string of the molecule is NCc1ccnc(OCCCc2ccccc2)c1Cl. The summed E-state index contributed by atoms with van der Waals surface area (Å²) in [7, 11) is 0. The van der Waals surface area contributed by atoms with Crippen LogP contribution in [-0.4, -0.2) is 11.6 Å². The Bertz CT molecular complexity index is 517. The van der Waals surface area contributed by atoms with E-state index in [0.29, 0.717) is 24.1 Å². The lowest BCUT2D eigenvalue weighted by atomic mass is 10.1. The van der Waals surface area contributed by atoms with Gasteiger partial charge in [0.15, 0.2) is 0 Å². The van der Waals surface area contributed by atoms with Crippen molar-refractivity contribution in [3.05, 3.63) is 58.7 Å². The fourth-order valence-corrected chi connectivity index (χ4v) is 2.05. The van der Waals surface area contributed by atoms with Gasteiger partial charge in [0.1, 0.15) is 5.02 Å². The molecule has 3 nitrogen and oxygen atoms in total. The zero-order chi connectivity index (χ0) is 13.5. The van der Waals surface area contributed by atoms with Gasteiger partial charge in [-0.25, -0.2) is 4.98 Å². The maximum absolute atomic E-state index is 6.14. The minimum atomic E-state index is 0.391.